The van der Waals surface area contributed by atoms with Crippen molar-refractivity contribution in [3.63, 3.8) is 0 Å². The van der Waals surface area contributed by atoms with Gasteiger partial charge in [0.05, 0.1) is 7.11 Å². The van der Waals surface area contributed by atoms with Crippen molar-refractivity contribution in [1.82, 2.24) is 4.98 Å². The summed E-state index contributed by atoms with van der Waals surface area (Å²) < 4.78 is 5.15. The standard InChI is InChI=1S/C19H19NO2/c1-22-17-9-5-14(6-10-17)12-16-8-7-15(13-19(16)21)18-4-2-3-11-20-18/h2-6,9-12,15H,7-8,13H2,1H3. The third-order valence-electron chi connectivity index (χ3n) is 4.11. The maximum Gasteiger partial charge on any atom is 0.159 e. The molecule has 3 nitrogen and oxygen atoms in total. The predicted octanol–water partition coefficient (Wildman–Crippen LogP) is 4.01. The SMILES string of the molecule is COc1ccc(C=C2CCC(c3ccccn3)CC2=O)cc1. The molecule has 1 aromatic heterocycles. The number of ketones is 1. The van der Waals surface area contributed by atoms with Gasteiger partial charge in [0.2, 0.25) is 0 Å². The smallest absolute Gasteiger partial charge is 0.159 e. The van der Waals surface area contributed by atoms with Crippen LogP contribution in [0, 0.1) is 0 Å². The zero-order valence-electron chi connectivity index (χ0n) is 12.7. The van der Waals surface area contributed by atoms with Gasteiger partial charge >= 0.3 is 0 Å². The molecule has 0 amide bonds. The van der Waals surface area contributed by atoms with Crippen molar-refractivity contribution in [2.45, 2.75) is 25.2 Å². The number of Topliss-reactive ketones (excluding diaryl/α,β-unsaturated/α-hetero) is 1. The molecule has 1 saturated carbocycles. The Morgan fingerprint density at radius 2 is 2.00 bits per heavy atom. The first-order valence-corrected chi connectivity index (χ1v) is 7.55. The Hall–Kier alpha value is -2.42. The first-order chi connectivity index (χ1) is 10.8. The van der Waals surface area contributed by atoms with E-state index in [1.807, 2.05) is 48.5 Å². The Morgan fingerprint density at radius 3 is 2.64 bits per heavy atom. The number of rotatable bonds is 3. The van der Waals surface area contributed by atoms with E-state index in [4.69, 9.17) is 4.74 Å². The summed E-state index contributed by atoms with van der Waals surface area (Å²) in [5, 5.41) is 0. The molecule has 3 rings (SSSR count). The summed E-state index contributed by atoms with van der Waals surface area (Å²) in [4.78, 5) is 16.8. The molecule has 0 radical (unpaired) electrons. The summed E-state index contributed by atoms with van der Waals surface area (Å²) in [7, 11) is 1.65. The summed E-state index contributed by atoms with van der Waals surface area (Å²) in [5.41, 5.74) is 2.98. The van der Waals surface area contributed by atoms with Crippen LogP contribution in [0.2, 0.25) is 0 Å². The molecule has 0 spiro atoms. The topological polar surface area (TPSA) is 39.2 Å². The number of hydrogen-bond donors (Lipinski definition) is 0. The van der Waals surface area contributed by atoms with Crippen molar-refractivity contribution in [3.8, 4) is 5.75 Å². The number of methoxy groups -OCH3 is 1. The lowest BCUT2D eigenvalue weighted by molar-refractivity contribution is -0.116. The molecule has 1 atom stereocenters. The highest BCUT2D eigenvalue weighted by molar-refractivity contribution is 6.00. The van der Waals surface area contributed by atoms with Gasteiger partial charge in [-0.1, -0.05) is 18.2 Å². The Bertz CT molecular complexity index is 674. The van der Waals surface area contributed by atoms with E-state index in [0.29, 0.717) is 6.42 Å². The van der Waals surface area contributed by atoms with E-state index in [2.05, 4.69) is 4.98 Å². The van der Waals surface area contributed by atoms with Crippen molar-refractivity contribution < 1.29 is 9.53 Å². The average Bonchev–Trinajstić information content (AvgIpc) is 2.58. The van der Waals surface area contributed by atoms with Crippen LogP contribution < -0.4 is 4.74 Å². The third kappa shape index (κ3) is 3.25. The molecule has 1 fully saturated rings. The number of benzene rings is 1. The minimum atomic E-state index is 0.234. The maximum atomic E-state index is 12.4. The van der Waals surface area contributed by atoms with Gasteiger partial charge in [0, 0.05) is 24.2 Å². The Kier molecular flexibility index (Phi) is 4.33. The van der Waals surface area contributed by atoms with Crippen molar-refractivity contribution in [2.24, 2.45) is 0 Å². The highest BCUT2D eigenvalue weighted by atomic mass is 16.5. The van der Waals surface area contributed by atoms with Crippen molar-refractivity contribution in [1.29, 1.82) is 0 Å². The lowest BCUT2D eigenvalue weighted by Crippen LogP contribution is -2.17. The van der Waals surface area contributed by atoms with Crippen LogP contribution in [-0.4, -0.2) is 17.9 Å². The number of hydrogen-bond acceptors (Lipinski definition) is 3. The van der Waals surface area contributed by atoms with E-state index < -0.39 is 0 Å². The average molecular weight is 293 g/mol. The summed E-state index contributed by atoms with van der Waals surface area (Å²) in [6, 6.07) is 13.7. The lowest BCUT2D eigenvalue weighted by Gasteiger charge is -2.22. The van der Waals surface area contributed by atoms with E-state index in [0.717, 1.165) is 35.4 Å². The molecule has 1 aromatic carbocycles. The summed E-state index contributed by atoms with van der Waals surface area (Å²) in [6.07, 6.45) is 6.13. The second-order valence-corrected chi connectivity index (χ2v) is 5.56. The van der Waals surface area contributed by atoms with Crippen molar-refractivity contribution in [2.75, 3.05) is 7.11 Å². The highest BCUT2D eigenvalue weighted by Crippen LogP contribution is 2.33. The normalized spacial score (nSPS) is 20.1. The fourth-order valence-electron chi connectivity index (χ4n) is 2.85. The molecule has 0 aliphatic heterocycles. The van der Waals surface area contributed by atoms with Crippen LogP contribution in [0.15, 0.2) is 54.2 Å². The fraction of sp³-hybridized carbons (Fsp3) is 0.263. The number of nitrogens with zero attached hydrogens (tertiary/aromatic N) is 1. The van der Waals surface area contributed by atoms with Crippen LogP contribution in [-0.2, 0) is 4.79 Å². The predicted molar refractivity (Wildman–Crippen MR) is 86.8 cm³/mol. The van der Waals surface area contributed by atoms with Crippen LogP contribution >= 0.6 is 0 Å². The number of carbonyl (C=O) groups excluding carboxylic acids is 1. The second-order valence-electron chi connectivity index (χ2n) is 5.56. The van der Waals surface area contributed by atoms with Gasteiger partial charge < -0.3 is 4.74 Å². The van der Waals surface area contributed by atoms with Crippen LogP contribution in [0.5, 0.6) is 5.75 Å². The van der Waals surface area contributed by atoms with Crippen LogP contribution in [0.25, 0.3) is 6.08 Å². The summed E-state index contributed by atoms with van der Waals surface area (Å²) in [6.45, 7) is 0. The highest BCUT2D eigenvalue weighted by Gasteiger charge is 2.25. The first kappa shape index (κ1) is 14.5. The molecule has 2 aromatic rings. The van der Waals surface area contributed by atoms with Gasteiger partial charge in [-0.05, 0) is 54.3 Å². The van der Waals surface area contributed by atoms with Crippen molar-refractivity contribution in [3.05, 3.63) is 65.5 Å². The second kappa shape index (κ2) is 6.56. The van der Waals surface area contributed by atoms with E-state index in [-0.39, 0.29) is 11.7 Å². The van der Waals surface area contributed by atoms with Crippen LogP contribution in [0.1, 0.15) is 36.4 Å². The zero-order valence-corrected chi connectivity index (χ0v) is 12.7. The monoisotopic (exact) mass is 293 g/mol. The molecule has 0 N–H and O–H groups in total. The van der Waals surface area contributed by atoms with Gasteiger partial charge in [-0.25, -0.2) is 0 Å². The molecular weight excluding hydrogens is 274 g/mol. The molecule has 0 saturated heterocycles. The quantitative estimate of drug-likeness (QED) is 0.803. The largest absolute Gasteiger partial charge is 0.497 e. The molecular formula is C19H19NO2. The Morgan fingerprint density at radius 1 is 1.18 bits per heavy atom. The van der Waals surface area contributed by atoms with Crippen molar-refractivity contribution >= 4 is 11.9 Å². The van der Waals surface area contributed by atoms with E-state index in [1.165, 1.54) is 0 Å². The van der Waals surface area contributed by atoms with Crippen LogP contribution in [0.4, 0.5) is 0 Å². The fourth-order valence-corrected chi connectivity index (χ4v) is 2.85. The third-order valence-corrected chi connectivity index (χ3v) is 4.11. The van der Waals surface area contributed by atoms with Gasteiger partial charge in [-0.3, -0.25) is 9.78 Å². The van der Waals surface area contributed by atoms with Gasteiger partial charge in [0.15, 0.2) is 5.78 Å². The molecule has 3 heteroatoms. The molecule has 22 heavy (non-hydrogen) atoms. The number of pyridine rings is 1. The summed E-state index contributed by atoms with van der Waals surface area (Å²) in [5.74, 6) is 1.31. The minimum absolute atomic E-state index is 0.234. The molecule has 1 aliphatic rings. The van der Waals surface area contributed by atoms with Crippen LogP contribution in [0.3, 0.4) is 0 Å². The molecule has 112 valence electrons. The van der Waals surface area contributed by atoms with E-state index in [1.54, 1.807) is 13.3 Å². The van der Waals surface area contributed by atoms with Gasteiger partial charge in [-0.15, -0.1) is 0 Å². The molecule has 1 unspecified atom stereocenters. The molecule has 1 heterocycles. The molecule has 0 bridgehead atoms. The lowest BCUT2D eigenvalue weighted by atomic mass is 9.82. The van der Waals surface area contributed by atoms with Gasteiger partial charge in [0.1, 0.15) is 5.75 Å². The molecule has 1 aliphatic carbocycles. The Labute approximate surface area is 130 Å². The van der Waals surface area contributed by atoms with Gasteiger partial charge in [-0.2, -0.15) is 0 Å². The minimum Gasteiger partial charge on any atom is -0.497 e. The van der Waals surface area contributed by atoms with E-state index >= 15 is 0 Å². The first-order valence-electron chi connectivity index (χ1n) is 7.55. The van der Waals surface area contributed by atoms with E-state index in [9.17, 15) is 4.79 Å². The zero-order chi connectivity index (χ0) is 15.4. The Balaban J connectivity index is 1.72. The number of ether oxygens (including phenoxy) is 1. The number of carbonyl (C=O) groups is 1. The van der Waals surface area contributed by atoms with Gasteiger partial charge in [0.25, 0.3) is 0 Å². The number of allylic oxidation sites excluding steroid dienone is 1. The maximum absolute atomic E-state index is 12.4. The summed E-state index contributed by atoms with van der Waals surface area (Å²) >= 11 is 0. The number of aromatic nitrogens is 1.